The summed E-state index contributed by atoms with van der Waals surface area (Å²) in [5.41, 5.74) is 4.78. The van der Waals surface area contributed by atoms with E-state index in [1.807, 2.05) is 103 Å². The van der Waals surface area contributed by atoms with Gasteiger partial charge in [0.25, 0.3) is 0 Å². The number of carbonyl (C=O) groups excluding carboxylic acids is 2. The van der Waals surface area contributed by atoms with Crippen molar-refractivity contribution >= 4 is 41.1 Å². The highest BCUT2D eigenvalue weighted by Crippen LogP contribution is 2.25. The Kier molecular flexibility index (Phi) is 11.9. The molecule has 2 amide bonds. The number of halogens is 1. The third-order valence-corrected chi connectivity index (χ3v) is 9.05. The van der Waals surface area contributed by atoms with Gasteiger partial charge in [0.05, 0.1) is 19.3 Å². The Morgan fingerprint density at radius 1 is 0.933 bits per heavy atom. The van der Waals surface area contributed by atoms with Gasteiger partial charge in [0, 0.05) is 40.9 Å². The van der Waals surface area contributed by atoms with Gasteiger partial charge in [-0.3, -0.25) is 4.79 Å². The van der Waals surface area contributed by atoms with E-state index in [2.05, 4.69) is 16.0 Å². The fraction of sp³-hybridized carbons (Fsp3) is 0.278. The fourth-order valence-corrected chi connectivity index (χ4v) is 6.34. The van der Waals surface area contributed by atoms with Crippen LogP contribution in [0.3, 0.4) is 0 Å². The van der Waals surface area contributed by atoms with E-state index in [-0.39, 0.29) is 18.1 Å². The van der Waals surface area contributed by atoms with Crippen LogP contribution in [0, 0.1) is 0 Å². The summed E-state index contributed by atoms with van der Waals surface area (Å²) in [4.78, 5) is 27.0. The zero-order chi connectivity index (χ0) is 31.4. The molecule has 7 nitrogen and oxygen atoms in total. The number of rotatable bonds is 12. The van der Waals surface area contributed by atoms with Gasteiger partial charge in [-0.05, 0) is 65.4 Å². The van der Waals surface area contributed by atoms with Crippen LogP contribution >= 0.6 is 23.4 Å². The van der Waals surface area contributed by atoms with Crippen molar-refractivity contribution in [3.63, 3.8) is 0 Å². The van der Waals surface area contributed by atoms with Crippen molar-refractivity contribution < 1.29 is 19.1 Å². The highest BCUT2D eigenvalue weighted by molar-refractivity contribution is 7.99. The molecular formula is C36H38ClN3O4S. The molecule has 0 unspecified atom stereocenters. The Morgan fingerprint density at radius 2 is 1.67 bits per heavy atom. The summed E-state index contributed by atoms with van der Waals surface area (Å²) in [5.74, 6) is 0.536. The molecule has 0 bridgehead atoms. The summed E-state index contributed by atoms with van der Waals surface area (Å²) in [6, 6.07) is 32.8. The monoisotopic (exact) mass is 643 g/mol. The molecule has 1 fully saturated rings. The van der Waals surface area contributed by atoms with Gasteiger partial charge in [0.15, 0.2) is 0 Å². The molecule has 3 atom stereocenters. The maximum absolute atomic E-state index is 13.6. The number of nitrogens with one attached hydrogen (secondary N) is 3. The van der Waals surface area contributed by atoms with Crippen molar-refractivity contribution in [1.82, 2.24) is 10.6 Å². The number of hydrogen-bond acceptors (Lipinski definition) is 6. The number of morpholine rings is 1. The molecule has 3 N–H and O–H groups in total. The third-order valence-electron chi connectivity index (χ3n) is 7.66. The standard InChI is InChI=1S/C36H38ClN3O4S/c1-43-36(42)40-34(21-25-8-7-12-28(20-25)26-9-3-2-4-10-26)35(41)39-33-13-6-5-11-27(33)14-17-30-22-38-23-31(44-30)24-45-32-18-15-29(37)16-19-32/h2-13,15-16,18-20,30-31,34,38H,14,17,21-24H2,1H3,(H,39,41)(H,40,42)/t30-,31+,34+/m1/s1. The van der Waals surface area contributed by atoms with Gasteiger partial charge in [-0.1, -0.05) is 84.4 Å². The molecule has 0 radical (unpaired) electrons. The van der Waals surface area contributed by atoms with E-state index in [0.717, 1.165) is 64.6 Å². The molecule has 4 aromatic carbocycles. The fourth-order valence-electron chi connectivity index (χ4n) is 5.31. The molecular weight excluding hydrogens is 606 g/mol. The molecule has 45 heavy (non-hydrogen) atoms. The van der Waals surface area contributed by atoms with Crippen LogP contribution < -0.4 is 16.0 Å². The SMILES string of the molecule is COC(=O)N[C@@H](Cc1cccc(-c2ccccc2)c1)C(=O)Nc1ccccc1CC[C@@H]1CNC[C@@H](CSc2ccc(Cl)cc2)O1. The van der Waals surface area contributed by atoms with E-state index in [1.54, 1.807) is 11.8 Å². The minimum Gasteiger partial charge on any atom is -0.453 e. The number of benzene rings is 4. The lowest BCUT2D eigenvalue weighted by Gasteiger charge is -2.31. The molecule has 1 heterocycles. The minimum atomic E-state index is -0.832. The van der Waals surface area contributed by atoms with E-state index in [4.69, 9.17) is 21.1 Å². The van der Waals surface area contributed by atoms with E-state index >= 15 is 0 Å². The predicted molar refractivity (Wildman–Crippen MR) is 182 cm³/mol. The number of anilines is 1. The minimum absolute atomic E-state index is 0.0592. The van der Waals surface area contributed by atoms with Gasteiger partial charge in [0.1, 0.15) is 6.04 Å². The number of hydrogen-bond donors (Lipinski definition) is 3. The summed E-state index contributed by atoms with van der Waals surface area (Å²) in [6.07, 6.45) is 1.34. The highest BCUT2D eigenvalue weighted by atomic mass is 35.5. The van der Waals surface area contributed by atoms with E-state index in [9.17, 15) is 9.59 Å². The van der Waals surface area contributed by atoms with Crippen LogP contribution in [-0.2, 0) is 27.1 Å². The second-order valence-electron chi connectivity index (χ2n) is 10.9. The Hall–Kier alpha value is -3.82. The zero-order valence-electron chi connectivity index (χ0n) is 25.2. The van der Waals surface area contributed by atoms with Crippen LogP contribution in [0.1, 0.15) is 17.5 Å². The Bertz CT molecular complexity index is 1550. The number of alkyl carbamates (subject to hydrolysis) is 1. The first-order valence-corrected chi connectivity index (χ1v) is 16.5. The van der Waals surface area contributed by atoms with Crippen molar-refractivity contribution in [2.24, 2.45) is 0 Å². The van der Waals surface area contributed by atoms with E-state index < -0.39 is 12.1 Å². The lowest BCUT2D eigenvalue weighted by molar-refractivity contribution is -0.118. The molecule has 234 valence electrons. The second kappa shape index (κ2) is 16.5. The lowest BCUT2D eigenvalue weighted by Crippen LogP contribution is -2.46. The average Bonchev–Trinajstić information content (AvgIpc) is 3.08. The quantitative estimate of drug-likeness (QED) is 0.144. The molecule has 5 rings (SSSR count). The second-order valence-corrected chi connectivity index (χ2v) is 12.5. The number of carbonyl (C=O) groups is 2. The molecule has 1 aliphatic heterocycles. The number of aryl methyl sites for hydroxylation is 1. The third kappa shape index (κ3) is 9.83. The topological polar surface area (TPSA) is 88.7 Å². The van der Waals surface area contributed by atoms with Gasteiger partial charge >= 0.3 is 6.09 Å². The van der Waals surface area contributed by atoms with Gasteiger partial charge in [-0.15, -0.1) is 11.8 Å². The maximum Gasteiger partial charge on any atom is 0.407 e. The molecule has 0 saturated carbocycles. The van der Waals surface area contributed by atoms with E-state index in [0.29, 0.717) is 6.42 Å². The van der Waals surface area contributed by atoms with Crippen LogP contribution in [-0.4, -0.2) is 56.2 Å². The van der Waals surface area contributed by atoms with Crippen molar-refractivity contribution in [2.75, 3.05) is 31.3 Å². The van der Waals surface area contributed by atoms with Crippen LogP contribution in [0.4, 0.5) is 10.5 Å². The highest BCUT2D eigenvalue weighted by Gasteiger charge is 2.25. The summed E-state index contributed by atoms with van der Waals surface area (Å²) in [5, 5.41) is 10.0. The molecule has 0 spiro atoms. The van der Waals surface area contributed by atoms with Crippen LogP contribution in [0.25, 0.3) is 11.1 Å². The maximum atomic E-state index is 13.6. The summed E-state index contributed by atoms with van der Waals surface area (Å²) in [6.45, 7) is 1.59. The molecule has 0 aromatic heterocycles. The molecule has 1 saturated heterocycles. The van der Waals surface area contributed by atoms with Crippen molar-refractivity contribution in [3.8, 4) is 11.1 Å². The number of thioether (sulfide) groups is 1. The van der Waals surface area contributed by atoms with Crippen LogP contribution in [0.15, 0.2) is 108 Å². The van der Waals surface area contributed by atoms with Crippen molar-refractivity contribution in [1.29, 1.82) is 0 Å². The van der Waals surface area contributed by atoms with Crippen LogP contribution in [0.2, 0.25) is 5.02 Å². The predicted octanol–water partition coefficient (Wildman–Crippen LogP) is 6.99. The van der Waals surface area contributed by atoms with E-state index in [1.165, 1.54) is 12.0 Å². The molecule has 9 heteroatoms. The smallest absolute Gasteiger partial charge is 0.407 e. The van der Waals surface area contributed by atoms with Gasteiger partial charge in [0.2, 0.25) is 5.91 Å². The molecule has 4 aromatic rings. The number of methoxy groups -OCH3 is 1. The number of amides is 2. The number of para-hydroxylation sites is 1. The summed E-state index contributed by atoms with van der Waals surface area (Å²) < 4.78 is 11.3. The largest absolute Gasteiger partial charge is 0.453 e. The van der Waals surface area contributed by atoms with Crippen molar-refractivity contribution in [2.45, 2.75) is 42.4 Å². The summed E-state index contributed by atoms with van der Waals surface area (Å²) >= 11 is 7.77. The Balaban J connectivity index is 1.20. The van der Waals surface area contributed by atoms with Gasteiger partial charge < -0.3 is 25.4 Å². The lowest BCUT2D eigenvalue weighted by atomic mass is 9.99. The summed E-state index contributed by atoms with van der Waals surface area (Å²) in [7, 11) is 1.29. The number of ether oxygens (including phenoxy) is 2. The normalized spacial score (nSPS) is 16.8. The zero-order valence-corrected chi connectivity index (χ0v) is 26.8. The Morgan fingerprint density at radius 3 is 2.47 bits per heavy atom. The van der Waals surface area contributed by atoms with Gasteiger partial charge in [-0.25, -0.2) is 4.79 Å². The van der Waals surface area contributed by atoms with Crippen LogP contribution in [0.5, 0.6) is 0 Å². The molecule has 0 aliphatic carbocycles. The Labute approximate surface area is 274 Å². The average molecular weight is 644 g/mol. The molecule has 1 aliphatic rings. The van der Waals surface area contributed by atoms with Crippen molar-refractivity contribution in [3.05, 3.63) is 119 Å². The van der Waals surface area contributed by atoms with Gasteiger partial charge in [-0.2, -0.15) is 0 Å². The first kappa shape index (κ1) is 32.6. The first-order chi connectivity index (χ1) is 22.0. The first-order valence-electron chi connectivity index (χ1n) is 15.1.